The molecule has 1 unspecified atom stereocenters. The van der Waals surface area contributed by atoms with Gasteiger partial charge in [0.1, 0.15) is 0 Å². The SMILES string of the molecule is CCOC(=O)C(C)(C)C(C)(O)CC(OC)OC. The molecule has 0 heterocycles. The Labute approximate surface area is 103 Å². The van der Waals surface area contributed by atoms with Gasteiger partial charge in [-0.25, -0.2) is 0 Å². The molecule has 0 aliphatic rings. The summed E-state index contributed by atoms with van der Waals surface area (Å²) < 4.78 is 15.0. The van der Waals surface area contributed by atoms with Gasteiger partial charge in [-0.2, -0.15) is 0 Å². The van der Waals surface area contributed by atoms with Crippen molar-refractivity contribution in [3.05, 3.63) is 0 Å². The van der Waals surface area contributed by atoms with Crippen LogP contribution in [-0.4, -0.2) is 43.8 Å². The molecule has 0 amide bonds. The summed E-state index contributed by atoms with van der Waals surface area (Å²) in [5.74, 6) is -0.434. The van der Waals surface area contributed by atoms with E-state index in [9.17, 15) is 9.90 Å². The first-order valence-corrected chi connectivity index (χ1v) is 5.68. The molecule has 0 fully saturated rings. The van der Waals surface area contributed by atoms with Crippen LogP contribution in [0.15, 0.2) is 0 Å². The summed E-state index contributed by atoms with van der Waals surface area (Å²) in [6.45, 7) is 6.89. The van der Waals surface area contributed by atoms with Gasteiger partial charge in [0.15, 0.2) is 6.29 Å². The lowest BCUT2D eigenvalue weighted by molar-refractivity contribution is -0.187. The molecular formula is C12H24O5. The molecule has 0 spiro atoms. The molecule has 0 aromatic heterocycles. The normalized spacial score (nSPS) is 15.8. The van der Waals surface area contributed by atoms with Crippen LogP contribution in [0.2, 0.25) is 0 Å². The predicted molar refractivity (Wildman–Crippen MR) is 63.5 cm³/mol. The van der Waals surface area contributed by atoms with Crippen molar-refractivity contribution >= 4 is 5.97 Å². The number of hydrogen-bond acceptors (Lipinski definition) is 5. The van der Waals surface area contributed by atoms with Crippen LogP contribution in [0.25, 0.3) is 0 Å². The Morgan fingerprint density at radius 2 is 1.71 bits per heavy atom. The third kappa shape index (κ3) is 3.94. The zero-order chi connectivity index (χ0) is 13.7. The van der Waals surface area contributed by atoms with Crippen LogP contribution in [0.3, 0.4) is 0 Å². The summed E-state index contributed by atoms with van der Waals surface area (Å²) >= 11 is 0. The van der Waals surface area contributed by atoms with E-state index in [2.05, 4.69) is 0 Å². The van der Waals surface area contributed by atoms with Crippen LogP contribution in [0, 0.1) is 5.41 Å². The summed E-state index contributed by atoms with van der Waals surface area (Å²) in [7, 11) is 2.98. The minimum absolute atomic E-state index is 0.186. The Hall–Kier alpha value is -0.650. The molecule has 0 aromatic rings. The molecule has 17 heavy (non-hydrogen) atoms. The molecule has 0 aromatic carbocycles. The van der Waals surface area contributed by atoms with Crippen molar-refractivity contribution in [1.29, 1.82) is 0 Å². The molecule has 0 saturated heterocycles. The van der Waals surface area contributed by atoms with E-state index < -0.39 is 23.3 Å². The van der Waals surface area contributed by atoms with Gasteiger partial charge in [0.25, 0.3) is 0 Å². The summed E-state index contributed by atoms with van der Waals surface area (Å²) in [4.78, 5) is 11.8. The molecule has 0 aliphatic heterocycles. The molecule has 1 N–H and O–H groups in total. The largest absolute Gasteiger partial charge is 0.465 e. The van der Waals surface area contributed by atoms with E-state index in [0.29, 0.717) is 0 Å². The van der Waals surface area contributed by atoms with Gasteiger partial charge in [0.2, 0.25) is 0 Å². The summed E-state index contributed by atoms with van der Waals surface area (Å²) in [6, 6.07) is 0. The lowest BCUT2D eigenvalue weighted by Gasteiger charge is -2.39. The number of methoxy groups -OCH3 is 2. The maximum absolute atomic E-state index is 11.8. The van der Waals surface area contributed by atoms with E-state index in [1.54, 1.807) is 27.7 Å². The van der Waals surface area contributed by atoms with Crippen LogP contribution in [0.5, 0.6) is 0 Å². The first-order valence-electron chi connectivity index (χ1n) is 5.68. The number of esters is 1. The minimum atomic E-state index is -1.28. The quantitative estimate of drug-likeness (QED) is 0.544. The van der Waals surface area contributed by atoms with Crippen molar-refractivity contribution in [3.8, 4) is 0 Å². The number of aliphatic hydroxyl groups is 1. The Bertz CT molecular complexity index is 243. The third-order valence-electron chi connectivity index (χ3n) is 3.22. The molecule has 5 nitrogen and oxygen atoms in total. The first-order chi connectivity index (χ1) is 7.72. The van der Waals surface area contributed by atoms with Gasteiger partial charge in [-0.1, -0.05) is 0 Å². The maximum atomic E-state index is 11.8. The molecule has 0 bridgehead atoms. The number of rotatable bonds is 7. The summed E-state index contributed by atoms with van der Waals surface area (Å²) in [5, 5.41) is 10.4. The zero-order valence-electron chi connectivity index (χ0n) is 11.6. The van der Waals surface area contributed by atoms with Gasteiger partial charge in [0.05, 0.1) is 17.6 Å². The van der Waals surface area contributed by atoms with E-state index in [4.69, 9.17) is 14.2 Å². The highest BCUT2D eigenvalue weighted by molar-refractivity contribution is 5.77. The monoisotopic (exact) mass is 248 g/mol. The lowest BCUT2D eigenvalue weighted by atomic mass is 9.74. The predicted octanol–water partition coefficient (Wildman–Crippen LogP) is 1.34. The number of carbonyl (C=O) groups excluding carboxylic acids is 1. The van der Waals surface area contributed by atoms with E-state index in [-0.39, 0.29) is 13.0 Å². The fourth-order valence-corrected chi connectivity index (χ4v) is 1.37. The molecule has 0 saturated carbocycles. The van der Waals surface area contributed by atoms with Gasteiger partial charge in [-0.05, 0) is 27.7 Å². The van der Waals surface area contributed by atoms with E-state index >= 15 is 0 Å². The second-order valence-electron chi connectivity index (χ2n) is 4.72. The molecule has 102 valence electrons. The Kier molecular flexibility index (Phi) is 6.09. The van der Waals surface area contributed by atoms with Crippen LogP contribution in [-0.2, 0) is 19.0 Å². The highest BCUT2D eigenvalue weighted by atomic mass is 16.7. The fourth-order valence-electron chi connectivity index (χ4n) is 1.37. The van der Waals surface area contributed by atoms with Crippen LogP contribution in [0.1, 0.15) is 34.1 Å². The van der Waals surface area contributed by atoms with E-state index in [1.807, 2.05) is 0 Å². The molecule has 0 rings (SSSR count). The average molecular weight is 248 g/mol. The van der Waals surface area contributed by atoms with Gasteiger partial charge >= 0.3 is 5.97 Å². The van der Waals surface area contributed by atoms with Crippen molar-refractivity contribution in [2.24, 2.45) is 5.41 Å². The molecule has 0 aliphatic carbocycles. The lowest BCUT2D eigenvalue weighted by Crippen LogP contribution is -2.50. The maximum Gasteiger partial charge on any atom is 0.314 e. The van der Waals surface area contributed by atoms with Crippen LogP contribution in [0.4, 0.5) is 0 Å². The zero-order valence-corrected chi connectivity index (χ0v) is 11.6. The molecule has 5 heteroatoms. The number of ether oxygens (including phenoxy) is 3. The second-order valence-corrected chi connectivity index (χ2v) is 4.72. The van der Waals surface area contributed by atoms with Crippen molar-refractivity contribution in [2.45, 2.75) is 46.0 Å². The third-order valence-corrected chi connectivity index (χ3v) is 3.22. The van der Waals surface area contributed by atoms with Crippen molar-refractivity contribution < 1.29 is 24.1 Å². The van der Waals surface area contributed by atoms with Gasteiger partial charge in [0, 0.05) is 20.6 Å². The number of carbonyl (C=O) groups is 1. The van der Waals surface area contributed by atoms with Gasteiger partial charge < -0.3 is 19.3 Å². The van der Waals surface area contributed by atoms with Crippen molar-refractivity contribution in [1.82, 2.24) is 0 Å². The fraction of sp³-hybridized carbons (Fsp3) is 0.917. The minimum Gasteiger partial charge on any atom is -0.465 e. The van der Waals surface area contributed by atoms with Crippen molar-refractivity contribution in [3.63, 3.8) is 0 Å². The number of hydrogen-bond donors (Lipinski definition) is 1. The average Bonchev–Trinajstić information content (AvgIpc) is 2.25. The Morgan fingerprint density at radius 3 is 2.06 bits per heavy atom. The van der Waals surface area contributed by atoms with Crippen molar-refractivity contribution in [2.75, 3.05) is 20.8 Å². The summed E-state index contributed by atoms with van der Waals surface area (Å²) in [6.07, 6.45) is -0.370. The second kappa shape index (κ2) is 6.33. The smallest absolute Gasteiger partial charge is 0.314 e. The summed E-state index contributed by atoms with van der Waals surface area (Å²) in [5.41, 5.74) is -2.31. The standard InChI is InChI=1S/C12H24O5/c1-7-17-10(13)11(2,3)12(4,14)8-9(15-5)16-6/h9,14H,7-8H2,1-6H3. The topological polar surface area (TPSA) is 65.0 Å². The Morgan fingerprint density at radius 1 is 1.24 bits per heavy atom. The van der Waals surface area contributed by atoms with Crippen LogP contribution >= 0.6 is 0 Å². The molecule has 1 atom stereocenters. The highest BCUT2D eigenvalue weighted by Crippen LogP contribution is 2.36. The molecule has 0 radical (unpaired) electrons. The van der Waals surface area contributed by atoms with E-state index in [1.165, 1.54) is 14.2 Å². The van der Waals surface area contributed by atoms with Gasteiger partial charge in [-0.3, -0.25) is 4.79 Å². The van der Waals surface area contributed by atoms with E-state index in [0.717, 1.165) is 0 Å². The van der Waals surface area contributed by atoms with Crippen LogP contribution < -0.4 is 0 Å². The Balaban J connectivity index is 4.82. The first kappa shape index (κ1) is 16.4. The van der Waals surface area contributed by atoms with Gasteiger partial charge in [-0.15, -0.1) is 0 Å². The molecular weight excluding hydrogens is 224 g/mol. The highest BCUT2D eigenvalue weighted by Gasteiger charge is 2.47.